The lowest BCUT2D eigenvalue weighted by Gasteiger charge is -2.39. The number of allylic oxidation sites excluding steroid dienone is 4. The van der Waals surface area contributed by atoms with Crippen LogP contribution in [0.15, 0.2) is 83.3 Å². The molecule has 16 nitrogen and oxygen atoms in total. The number of benzene rings is 2. The molecule has 3 aromatic rings. The molecule has 0 unspecified atom stereocenters. The number of aryl methyl sites for hydroxylation is 1. The van der Waals surface area contributed by atoms with Crippen LogP contribution in [-0.4, -0.2) is 133 Å². The zero-order chi connectivity index (χ0) is 38.6. The van der Waals surface area contributed by atoms with Crippen molar-refractivity contribution < 1.29 is 74.3 Å². The van der Waals surface area contributed by atoms with E-state index in [2.05, 4.69) is 0 Å². The molecule has 16 heteroatoms. The van der Waals surface area contributed by atoms with E-state index in [1.54, 1.807) is 86.9 Å². The Hall–Kier alpha value is -4.72. The molecule has 10 atom stereocenters. The Kier molecular flexibility index (Phi) is 10.3. The van der Waals surface area contributed by atoms with Gasteiger partial charge in [0.1, 0.15) is 73.1 Å². The number of fused-ring (bicyclic) bond motifs is 2. The molecule has 0 amide bonds. The quantitative estimate of drug-likeness (QED) is 0.0976. The number of ketones is 1. The summed E-state index contributed by atoms with van der Waals surface area (Å²) in [4.78, 5) is 15.1. The van der Waals surface area contributed by atoms with Crippen molar-refractivity contribution in [3.63, 3.8) is 0 Å². The molecule has 1 aliphatic carbocycles. The highest BCUT2D eigenvalue weighted by atomic mass is 16.7. The smallest absolute Gasteiger partial charge is 0.229 e. The fourth-order valence-corrected chi connectivity index (χ4v) is 6.84. The maximum absolute atomic E-state index is 13.3. The maximum atomic E-state index is 13.3. The van der Waals surface area contributed by atoms with Gasteiger partial charge in [-0.05, 0) is 48.6 Å². The van der Waals surface area contributed by atoms with Crippen LogP contribution in [0.4, 0.5) is 5.69 Å². The Morgan fingerprint density at radius 3 is 1.94 bits per heavy atom. The van der Waals surface area contributed by atoms with Crippen LogP contribution in [0.2, 0.25) is 0 Å². The molecule has 1 aromatic heterocycles. The van der Waals surface area contributed by atoms with Crippen LogP contribution in [0.5, 0.6) is 11.5 Å². The summed E-state index contributed by atoms with van der Waals surface area (Å²) in [6, 6.07) is 13.7. The van der Waals surface area contributed by atoms with Gasteiger partial charge in [-0.3, -0.25) is 4.79 Å². The minimum Gasteiger partial charge on any atom is -0.506 e. The number of carbonyl (C=O) groups is 1. The van der Waals surface area contributed by atoms with Crippen molar-refractivity contribution in [1.29, 1.82) is 0 Å². The molecule has 2 aromatic carbocycles. The lowest BCUT2D eigenvalue weighted by atomic mass is 9.86. The fraction of sp³-hybridized carbons (Fsp3) is 0.368. The second kappa shape index (κ2) is 14.8. The largest absolute Gasteiger partial charge is 0.506 e. The number of hydrogen-bond donors (Lipinski definition) is 9. The molecule has 7 rings (SSSR count). The zero-order valence-electron chi connectivity index (χ0n) is 29.1. The Balaban J connectivity index is 1.05. The van der Waals surface area contributed by atoms with Gasteiger partial charge in [0.2, 0.25) is 29.6 Å². The number of anilines is 1. The summed E-state index contributed by atoms with van der Waals surface area (Å²) in [5.41, 5.74) is 3.74. The number of ether oxygens (including phenoxy) is 4. The van der Waals surface area contributed by atoms with Gasteiger partial charge in [0, 0.05) is 42.2 Å². The van der Waals surface area contributed by atoms with Gasteiger partial charge >= 0.3 is 0 Å². The van der Waals surface area contributed by atoms with E-state index in [1.165, 1.54) is 0 Å². The minimum atomic E-state index is -1.57. The van der Waals surface area contributed by atoms with Gasteiger partial charge in [0.05, 0.1) is 29.7 Å². The first-order valence-electron chi connectivity index (χ1n) is 17.2. The van der Waals surface area contributed by atoms with Crippen LogP contribution in [0.1, 0.15) is 11.3 Å². The number of aliphatic hydroxyl groups excluding tert-OH is 9. The summed E-state index contributed by atoms with van der Waals surface area (Å²) in [6.45, 7) is -1.16. The molecule has 4 aliphatic rings. The van der Waals surface area contributed by atoms with E-state index in [0.717, 1.165) is 22.2 Å². The zero-order valence-corrected chi connectivity index (χ0v) is 29.1. The van der Waals surface area contributed by atoms with Crippen molar-refractivity contribution in [1.82, 2.24) is 0 Å². The molecule has 3 aliphatic heterocycles. The van der Waals surface area contributed by atoms with Gasteiger partial charge in [-0.25, -0.2) is 0 Å². The number of rotatable bonds is 8. The van der Waals surface area contributed by atoms with Gasteiger partial charge in [-0.15, -0.1) is 0 Å². The topological polar surface area (TPSA) is 243 Å². The van der Waals surface area contributed by atoms with E-state index in [-0.39, 0.29) is 22.7 Å². The summed E-state index contributed by atoms with van der Waals surface area (Å²) in [5.74, 6) is 0.0964. The predicted molar refractivity (Wildman–Crippen MR) is 189 cm³/mol. The third-order valence-electron chi connectivity index (χ3n) is 10.1. The van der Waals surface area contributed by atoms with Crippen molar-refractivity contribution in [3.05, 3.63) is 94.5 Å². The molecular weight excluding hydrogens is 708 g/mol. The van der Waals surface area contributed by atoms with Gasteiger partial charge < -0.3 is 69.8 Å². The van der Waals surface area contributed by atoms with E-state index < -0.39 is 74.6 Å². The summed E-state index contributed by atoms with van der Waals surface area (Å²) in [7, 11) is 3.58. The third-order valence-corrected chi connectivity index (χ3v) is 10.1. The Morgan fingerprint density at radius 1 is 0.759 bits per heavy atom. The molecule has 54 heavy (non-hydrogen) atoms. The summed E-state index contributed by atoms with van der Waals surface area (Å²) in [5, 5.41) is 91.5. The van der Waals surface area contributed by atoms with Crippen LogP contribution in [-0.2, 0) is 21.3 Å². The molecule has 4 heterocycles. The van der Waals surface area contributed by atoms with Crippen LogP contribution in [0.3, 0.4) is 0 Å². The highest BCUT2D eigenvalue weighted by Gasteiger charge is 2.46. The average molecular weight is 750 g/mol. The SMILES string of the molecule is CN1/C(=C\C2=C(O)C(=C/c3ccc4cc(O[C@@H]5O[C@H](CO)[C@@H](O)[C@H](O)[C@H]5O)ccc4[n+]3C)/C2=O)C=Cc2cc(O[C@@H]3O[C@H](CO)[C@@H](O)[C@H](O)[C@H]3O)ccc21. The summed E-state index contributed by atoms with van der Waals surface area (Å²) in [6.07, 6.45) is -7.44. The first-order chi connectivity index (χ1) is 25.8. The van der Waals surface area contributed by atoms with Gasteiger partial charge in [-0.2, -0.15) is 4.57 Å². The predicted octanol–water partition coefficient (Wildman–Crippen LogP) is -1.15. The van der Waals surface area contributed by atoms with E-state index in [1.807, 2.05) is 9.47 Å². The van der Waals surface area contributed by atoms with Gasteiger partial charge in [0.25, 0.3) is 0 Å². The number of Topliss-reactive ketones (excluding diaryl/α,β-unsaturated/α-hetero) is 1. The Morgan fingerprint density at radius 2 is 1.35 bits per heavy atom. The number of carbonyl (C=O) groups excluding carboxylic acids is 1. The first-order valence-corrected chi connectivity index (χ1v) is 17.2. The van der Waals surface area contributed by atoms with Crippen LogP contribution < -0.4 is 18.9 Å². The number of likely N-dealkylation sites (N-methyl/N-ethyl adjacent to an activating group) is 1. The van der Waals surface area contributed by atoms with E-state index in [0.29, 0.717) is 22.9 Å². The molecular formula is C38H41N2O14+. The van der Waals surface area contributed by atoms with Crippen LogP contribution in [0, 0.1) is 0 Å². The van der Waals surface area contributed by atoms with Crippen molar-refractivity contribution in [2.45, 2.75) is 61.4 Å². The molecule has 2 fully saturated rings. The number of nitrogens with zero attached hydrogens (tertiary/aromatic N) is 2. The van der Waals surface area contributed by atoms with Crippen LogP contribution in [0.25, 0.3) is 23.1 Å². The fourth-order valence-electron chi connectivity index (χ4n) is 6.84. The van der Waals surface area contributed by atoms with E-state index >= 15 is 0 Å². The molecule has 0 bridgehead atoms. The first kappa shape index (κ1) is 37.6. The molecule has 0 spiro atoms. The summed E-state index contributed by atoms with van der Waals surface area (Å²) < 4.78 is 24.2. The third kappa shape index (κ3) is 6.66. The highest BCUT2D eigenvalue weighted by Crippen LogP contribution is 2.37. The number of aromatic nitrogens is 1. The molecule has 0 radical (unpaired) electrons. The second-order valence-electron chi connectivity index (χ2n) is 13.5. The average Bonchev–Trinajstić information content (AvgIpc) is 3.17. The van der Waals surface area contributed by atoms with E-state index in [9.17, 15) is 50.8 Å². The van der Waals surface area contributed by atoms with Crippen molar-refractivity contribution in [2.24, 2.45) is 7.05 Å². The molecule has 9 N–H and O–H groups in total. The van der Waals surface area contributed by atoms with E-state index in [4.69, 9.17) is 18.9 Å². The second-order valence-corrected chi connectivity index (χ2v) is 13.5. The number of hydrogen-bond acceptors (Lipinski definition) is 15. The standard InChI is InChI=1S/C38H40N2O14/c1-39-19(5-3-17-11-21(7-9-25(17)39)51-37-35(49)33(47)31(45)27(15-41)53-37)13-23-29(43)24(30(23)44)14-20-6-4-18-12-22(8-10-26(18)40(20)2)52-38-36(50)34(48)32(46)28(16-42)54-38/h3-14,27-28,31-38,41-42,45-50H,15-16H2,1-2H3/p+1/t27-,28-,31-,32-,33+,34+,35-,36-,37-,38-/m1/s1. The molecule has 2 saturated heterocycles. The highest BCUT2D eigenvalue weighted by molar-refractivity contribution is 6.23. The molecule has 0 saturated carbocycles. The lowest BCUT2D eigenvalue weighted by molar-refractivity contribution is -0.646. The van der Waals surface area contributed by atoms with Gasteiger partial charge in [0.15, 0.2) is 0 Å². The number of aliphatic hydroxyl groups is 9. The Bertz CT molecular complexity index is 2080. The minimum absolute atomic E-state index is 0.136. The summed E-state index contributed by atoms with van der Waals surface area (Å²) >= 11 is 0. The Labute approximate surface area is 308 Å². The normalized spacial score (nSPS) is 32.6. The van der Waals surface area contributed by atoms with Crippen molar-refractivity contribution in [2.75, 3.05) is 25.2 Å². The van der Waals surface area contributed by atoms with Crippen molar-refractivity contribution in [3.8, 4) is 11.5 Å². The van der Waals surface area contributed by atoms with Gasteiger partial charge in [-0.1, -0.05) is 6.08 Å². The van der Waals surface area contributed by atoms with Crippen molar-refractivity contribution >= 4 is 34.5 Å². The number of pyridine rings is 1. The monoisotopic (exact) mass is 749 g/mol. The lowest BCUT2D eigenvalue weighted by Crippen LogP contribution is -2.60. The maximum Gasteiger partial charge on any atom is 0.229 e. The molecule has 286 valence electrons. The van der Waals surface area contributed by atoms with Crippen LogP contribution >= 0.6 is 0 Å².